The van der Waals surface area contributed by atoms with E-state index in [1.165, 1.54) is 12.1 Å². The van der Waals surface area contributed by atoms with Gasteiger partial charge in [0.15, 0.2) is 11.6 Å². The summed E-state index contributed by atoms with van der Waals surface area (Å²) in [6, 6.07) is 8.66. The van der Waals surface area contributed by atoms with E-state index >= 15 is 0 Å². The molecule has 0 aliphatic carbocycles. The lowest BCUT2D eigenvalue weighted by molar-refractivity contribution is -0.385. The molecule has 0 spiro atoms. The third kappa shape index (κ3) is 2.92. The molecular weight excluding hydrogens is 263 g/mol. The van der Waals surface area contributed by atoms with E-state index in [-0.39, 0.29) is 11.4 Å². The van der Waals surface area contributed by atoms with Gasteiger partial charge >= 0.3 is 0 Å². The predicted molar refractivity (Wildman–Crippen MR) is 72.2 cm³/mol. The van der Waals surface area contributed by atoms with E-state index in [9.17, 15) is 14.5 Å². The van der Waals surface area contributed by atoms with Gasteiger partial charge in [-0.15, -0.1) is 0 Å². The SMILES string of the molecule is Cc1ccc(CN)cc1Oc1ccc([N+](=O)[O-])cc1F. The summed E-state index contributed by atoms with van der Waals surface area (Å²) >= 11 is 0. The van der Waals surface area contributed by atoms with Crippen molar-refractivity contribution >= 4 is 5.69 Å². The number of non-ortho nitro benzene ring substituents is 1. The van der Waals surface area contributed by atoms with Crippen LogP contribution in [0.1, 0.15) is 11.1 Å². The molecule has 0 aliphatic rings. The maximum Gasteiger partial charge on any atom is 0.272 e. The van der Waals surface area contributed by atoms with Crippen molar-refractivity contribution in [3.05, 3.63) is 63.5 Å². The van der Waals surface area contributed by atoms with E-state index in [0.717, 1.165) is 17.2 Å². The number of ether oxygens (including phenoxy) is 1. The third-order valence-corrected chi connectivity index (χ3v) is 2.83. The lowest BCUT2D eigenvalue weighted by atomic mass is 10.1. The number of benzene rings is 2. The molecule has 0 aliphatic heterocycles. The summed E-state index contributed by atoms with van der Waals surface area (Å²) in [6.45, 7) is 2.16. The molecule has 0 bridgehead atoms. The van der Waals surface area contributed by atoms with Crippen molar-refractivity contribution in [1.29, 1.82) is 0 Å². The van der Waals surface area contributed by atoms with Gasteiger partial charge < -0.3 is 10.5 Å². The number of hydrogen-bond acceptors (Lipinski definition) is 4. The van der Waals surface area contributed by atoms with Gasteiger partial charge in [-0.05, 0) is 30.2 Å². The molecule has 0 amide bonds. The van der Waals surface area contributed by atoms with Gasteiger partial charge in [-0.3, -0.25) is 10.1 Å². The van der Waals surface area contributed by atoms with Crippen LogP contribution in [0, 0.1) is 22.9 Å². The molecule has 0 saturated heterocycles. The molecule has 2 aromatic carbocycles. The van der Waals surface area contributed by atoms with Crippen molar-refractivity contribution in [2.75, 3.05) is 0 Å². The second-order valence-electron chi connectivity index (χ2n) is 4.28. The fourth-order valence-electron chi connectivity index (χ4n) is 1.69. The standard InChI is InChI=1S/C14H13FN2O3/c1-9-2-3-10(8-16)6-14(9)20-13-5-4-11(17(18)19)7-12(13)15/h2-7H,8,16H2,1H3. The molecule has 6 heteroatoms. The van der Waals surface area contributed by atoms with Crippen LogP contribution in [0.15, 0.2) is 36.4 Å². The molecule has 0 radical (unpaired) electrons. The van der Waals surface area contributed by atoms with Gasteiger partial charge in [0.25, 0.3) is 5.69 Å². The first-order valence-electron chi connectivity index (χ1n) is 5.92. The Hall–Kier alpha value is -2.47. The monoisotopic (exact) mass is 276 g/mol. The molecule has 0 saturated carbocycles. The Morgan fingerprint density at radius 2 is 2.00 bits per heavy atom. The van der Waals surface area contributed by atoms with Gasteiger partial charge in [-0.1, -0.05) is 12.1 Å². The second kappa shape index (κ2) is 5.66. The zero-order valence-corrected chi connectivity index (χ0v) is 10.8. The largest absolute Gasteiger partial charge is 0.454 e. The van der Waals surface area contributed by atoms with Crippen molar-refractivity contribution in [2.24, 2.45) is 5.73 Å². The van der Waals surface area contributed by atoms with Crippen molar-refractivity contribution in [1.82, 2.24) is 0 Å². The Kier molecular flexibility index (Phi) is 3.95. The molecule has 0 fully saturated rings. The first kappa shape index (κ1) is 14.0. The number of nitro groups is 1. The van der Waals surface area contributed by atoms with E-state index < -0.39 is 10.7 Å². The maximum absolute atomic E-state index is 13.8. The van der Waals surface area contributed by atoms with Gasteiger partial charge in [0.05, 0.1) is 11.0 Å². The third-order valence-electron chi connectivity index (χ3n) is 2.83. The van der Waals surface area contributed by atoms with E-state index in [1.807, 2.05) is 19.1 Å². The van der Waals surface area contributed by atoms with E-state index in [2.05, 4.69) is 0 Å². The van der Waals surface area contributed by atoms with Crippen LogP contribution >= 0.6 is 0 Å². The number of halogens is 1. The van der Waals surface area contributed by atoms with Crippen LogP contribution in [-0.2, 0) is 6.54 Å². The molecule has 5 nitrogen and oxygen atoms in total. The minimum absolute atomic E-state index is 0.0622. The lowest BCUT2D eigenvalue weighted by Gasteiger charge is -2.10. The Bertz CT molecular complexity index is 659. The van der Waals surface area contributed by atoms with Gasteiger partial charge in [-0.2, -0.15) is 0 Å². The number of nitrogens with zero attached hydrogens (tertiary/aromatic N) is 1. The Morgan fingerprint density at radius 1 is 1.25 bits per heavy atom. The topological polar surface area (TPSA) is 78.4 Å². The Balaban J connectivity index is 2.32. The maximum atomic E-state index is 13.8. The van der Waals surface area contributed by atoms with Crippen LogP contribution in [0.25, 0.3) is 0 Å². The highest BCUT2D eigenvalue weighted by molar-refractivity contribution is 5.43. The average molecular weight is 276 g/mol. The number of rotatable bonds is 4. The normalized spacial score (nSPS) is 10.3. The van der Waals surface area contributed by atoms with Crippen LogP contribution in [0.5, 0.6) is 11.5 Å². The van der Waals surface area contributed by atoms with Crippen molar-refractivity contribution < 1.29 is 14.1 Å². The minimum atomic E-state index is -0.781. The number of aryl methyl sites for hydroxylation is 1. The minimum Gasteiger partial charge on any atom is -0.454 e. The molecule has 2 aromatic rings. The van der Waals surface area contributed by atoms with Gasteiger partial charge in [0.2, 0.25) is 0 Å². The molecule has 104 valence electrons. The second-order valence-corrected chi connectivity index (χ2v) is 4.28. The van der Waals surface area contributed by atoms with Gasteiger partial charge in [0, 0.05) is 12.6 Å². The highest BCUT2D eigenvalue weighted by atomic mass is 19.1. The molecule has 20 heavy (non-hydrogen) atoms. The highest BCUT2D eigenvalue weighted by Crippen LogP contribution is 2.30. The van der Waals surface area contributed by atoms with Crippen molar-refractivity contribution in [3.63, 3.8) is 0 Å². The van der Waals surface area contributed by atoms with Crippen LogP contribution < -0.4 is 10.5 Å². The molecule has 0 atom stereocenters. The van der Waals surface area contributed by atoms with Gasteiger partial charge in [-0.25, -0.2) is 4.39 Å². The van der Waals surface area contributed by atoms with Crippen molar-refractivity contribution in [3.8, 4) is 11.5 Å². The Morgan fingerprint density at radius 3 is 2.60 bits per heavy atom. The smallest absolute Gasteiger partial charge is 0.272 e. The summed E-state index contributed by atoms with van der Waals surface area (Å²) in [5.41, 5.74) is 6.90. The predicted octanol–water partition coefficient (Wildman–Crippen LogP) is 3.29. The molecule has 0 heterocycles. The summed E-state index contributed by atoms with van der Waals surface area (Å²) in [7, 11) is 0. The molecule has 0 unspecified atom stereocenters. The van der Waals surface area contributed by atoms with Crippen LogP contribution in [0.3, 0.4) is 0 Å². The van der Waals surface area contributed by atoms with E-state index in [0.29, 0.717) is 12.3 Å². The first-order chi connectivity index (χ1) is 9.51. The number of nitrogens with two attached hydrogens (primary N) is 1. The quantitative estimate of drug-likeness (QED) is 0.686. The van der Waals surface area contributed by atoms with Gasteiger partial charge in [0.1, 0.15) is 5.75 Å². The fourth-order valence-corrected chi connectivity index (χ4v) is 1.69. The summed E-state index contributed by atoms with van der Waals surface area (Å²) in [5, 5.41) is 10.5. The summed E-state index contributed by atoms with van der Waals surface area (Å²) < 4.78 is 19.2. The fraction of sp³-hybridized carbons (Fsp3) is 0.143. The zero-order chi connectivity index (χ0) is 14.7. The molecular formula is C14H13FN2O3. The van der Waals surface area contributed by atoms with Crippen LogP contribution in [0.4, 0.5) is 10.1 Å². The van der Waals surface area contributed by atoms with Crippen molar-refractivity contribution in [2.45, 2.75) is 13.5 Å². The first-order valence-corrected chi connectivity index (χ1v) is 5.92. The molecule has 2 N–H and O–H groups in total. The summed E-state index contributed by atoms with van der Waals surface area (Å²) in [5.74, 6) is -0.370. The summed E-state index contributed by atoms with van der Waals surface area (Å²) in [4.78, 5) is 9.89. The molecule has 2 rings (SSSR count). The Labute approximate surface area is 114 Å². The van der Waals surface area contributed by atoms with E-state index in [4.69, 9.17) is 10.5 Å². The highest BCUT2D eigenvalue weighted by Gasteiger charge is 2.13. The number of nitro benzene ring substituents is 1. The van der Waals surface area contributed by atoms with Crippen LogP contribution in [-0.4, -0.2) is 4.92 Å². The average Bonchev–Trinajstić information content (AvgIpc) is 2.43. The van der Waals surface area contributed by atoms with E-state index in [1.54, 1.807) is 6.07 Å². The lowest BCUT2D eigenvalue weighted by Crippen LogP contribution is -1.98. The van der Waals surface area contributed by atoms with Crippen LogP contribution in [0.2, 0.25) is 0 Å². The molecule has 0 aromatic heterocycles. The zero-order valence-electron chi connectivity index (χ0n) is 10.8. The number of hydrogen-bond donors (Lipinski definition) is 1. The summed E-state index contributed by atoms with van der Waals surface area (Å²) in [6.07, 6.45) is 0.